The first-order chi connectivity index (χ1) is 11.8. The maximum absolute atomic E-state index is 13.1. The van der Waals surface area contributed by atoms with Crippen LogP contribution in [0.4, 0.5) is 4.79 Å². The maximum atomic E-state index is 13.1. The van der Waals surface area contributed by atoms with Crippen LogP contribution >= 0.6 is 0 Å². The molecular weight excluding hydrogens is 316 g/mol. The zero-order chi connectivity index (χ0) is 18.2. The number of likely N-dealkylation sites (tertiary alicyclic amines) is 1. The van der Waals surface area contributed by atoms with E-state index in [1.807, 2.05) is 37.2 Å². The van der Waals surface area contributed by atoms with E-state index in [-0.39, 0.29) is 35.7 Å². The molecule has 0 saturated carbocycles. The highest BCUT2D eigenvalue weighted by Gasteiger charge is 2.54. The number of amides is 2. The quantitative estimate of drug-likeness (QED) is 0.637. The summed E-state index contributed by atoms with van der Waals surface area (Å²) in [7, 11) is 4.03. The van der Waals surface area contributed by atoms with E-state index in [9.17, 15) is 4.79 Å². The maximum Gasteiger partial charge on any atom is 0.318 e. The average molecular weight is 346 g/mol. The molecule has 2 aliphatic heterocycles. The van der Waals surface area contributed by atoms with Crippen LogP contribution < -0.4 is 21.9 Å². The number of hydrogen-bond acceptors (Lipinski definition) is 5. The van der Waals surface area contributed by atoms with Crippen molar-refractivity contribution >= 4 is 6.03 Å². The number of nitrogens with one attached hydrogen (secondary N) is 3. The van der Waals surface area contributed by atoms with Gasteiger partial charge in [0.05, 0.1) is 23.8 Å². The van der Waals surface area contributed by atoms with Crippen molar-refractivity contribution in [1.29, 1.82) is 0 Å². The van der Waals surface area contributed by atoms with E-state index < -0.39 is 0 Å². The Balaban J connectivity index is 1.75. The van der Waals surface area contributed by atoms with Gasteiger partial charge in [0.2, 0.25) is 0 Å². The molecule has 0 bridgehead atoms. The number of hydrogen-bond donors (Lipinski definition) is 4. The third kappa shape index (κ3) is 3.50. The lowest BCUT2D eigenvalue weighted by Gasteiger charge is -2.36. The number of rotatable bonds is 4. The molecule has 7 heteroatoms. The molecule has 3 unspecified atom stereocenters. The van der Waals surface area contributed by atoms with Crippen LogP contribution in [0, 0.1) is 5.92 Å². The second-order valence-electron chi connectivity index (χ2n) is 7.90. The highest BCUT2D eigenvalue weighted by atomic mass is 16.2. The predicted molar refractivity (Wildman–Crippen MR) is 98.6 cm³/mol. The molecule has 0 radical (unpaired) electrons. The Hall–Kier alpha value is -1.67. The molecule has 0 aliphatic carbocycles. The van der Waals surface area contributed by atoms with E-state index >= 15 is 0 Å². The first-order valence-electron chi connectivity index (χ1n) is 8.85. The van der Waals surface area contributed by atoms with Gasteiger partial charge in [-0.3, -0.25) is 5.43 Å². The Kier molecular flexibility index (Phi) is 5.02. The van der Waals surface area contributed by atoms with E-state index in [2.05, 4.69) is 47.0 Å². The summed E-state index contributed by atoms with van der Waals surface area (Å²) in [5, 5.41) is 3.22. The summed E-state index contributed by atoms with van der Waals surface area (Å²) in [6.07, 6.45) is -0.131. The lowest BCUT2D eigenvalue weighted by Crippen LogP contribution is -2.57. The minimum atomic E-state index is -0.310. The molecule has 138 valence electrons. The molecule has 7 nitrogen and oxygen atoms in total. The molecule has 2 fully saturated rings. The monoisotopic (exact) mass is 346 g/mol. The molecule has 1 aromatic carbocycles. The van der Waals surface area contributed by atoms with Gasteiger partial charge in [0, 0.05) is 19.0 Å². The predicted octanol–water partition coefficient (Wildman–Crippen LogP) is 0.471. The van der Waals surface area contributed by atoms with E-state index in [0.29, 0.717) is 6.54 Å². The molecule has 2 aliphatic rings. The number of fused-ring (bicyclic) bond motifs is 1. The van der Waals surface area contributed by atoms with Gasteiger partial charge in [-0.05, 0) is 33.5 Å². The lowest BCUT2D eigenvalue weighted by molar-refractivity contribution is 0.145. The summed E-state index contributed by atoms with van der Waals surface area (Å²) < 4.78 is 0. The van der Waals surface area contributed by atoms with Crippen LogP contribution in [-0.4, -0.2) is 60.8 Å². The van der Waals surface area contributed by atoms with Gasteiger partial charge in [-0.2, -0.15) is 0 Å². The molecule has 2 amide bonds. The molecule has 3 rings (SSSR count). The van der Waals surface area contributed by atoms with Gasteiger partial charge >= 0.3 is 6.03 Å². The van der Waals surface area contributed by atoms with Gasteiger partial charge in [0.1, 0.15) is 0 Å². The fourth-order valence-electron chi connectivity index (χ4n) is 4.00. The Bertz CT molecular complexity index is 605. The summed E-state index contributed by atoms with van der Waals surface area (Å²) in [5.74, 6) is 0.213. The number of hydrazine groups is 1. The Morgan fingerprint density at radius 1 is 1.36 bits per heavy atom. The summed E-state index contributed by atoms with van der Waals surface area (Å²) in [6, 6.07) is 10.2. The number of likely N-dealkylation sites (N-methyl/N-ethyl adjacent to an activating group) is 1. The fraction of sp³-hybridized carbons (Fsp3) is 0.611. The topological polar surface area (TPSA) is 85.7 Å². The Morgan fingerprint density at radius 2 is 2.04 bits per heavy atom. The van der Waals surface area contributed by atoms with Crippen LogP contribution in [0.15, 0.2) is 30.3 Å². The molecule has 1 aromatic rings. The van der Waals surface area contributed by atoms with Crippen molar-refractivity contribution in [2.75, 3.05) is 27.2 Å². The molecule has 25 heavy (non-hydrogen) atoms. The van der Waals surface area contributed by atoms with Gasteiger partial charge in [-0.15, -0.1) is 0 Å². The largest absolute Gasteiger partial charge is 0.330 e. The number of carbonyl (C=O) groups excluding carboxylic acids is 1. The van der Waals surface area contributed by atoms with Crippen LogP contribution in [0.5, 0.6) is 0 Å². The second-order valence-corrected chi connectivity index (χ2v) is 7.90. The van der Waals surface area contributed by atoms with Crippen molar-refractivity contribution in [3.63, 3.8) is 0 Å². The van der Waals surface area contributed by atoms with Crippen LogP contribution in [-0.2, 0) is 0 Å². The van der Waals surface area contributed by atoms with E-state index in [0.717, 1.165) is 12.1 Å². The van der Waals surface area contributed by atoms with Gasteiger partial charge in [-0.1, -0.05) is 30.3 Å². The summed E-state index contributed by atoms with van der Waals surface area (Å²) >= 11 is 0. The molecule has 2 heterocycles. The molecule has 5 N–H and O–H groups in total. The SMILES string of the molecule is CN(C)C[C@@H](NC(=O)N1CC2C(N)NNC2C1(C)C)c1ccccc1. The minimum Gasteiger partial charge on any atom is -0.330 e. The second kappa shape index (κ2) is 6.92. The van der Waals surface area contributed by atoms with Crippen molar-refractivity contribution < 1.29 is 4.79 Å². The first-order valence-corrected chi connectivity index (χ1v) is 8.85. The summed E-state index contributed by atoms with van der Waals surface area (Å²) in [4.78, 5) is 17.1. The van der Waals surface area contributed by atoms with Crippen molar-refractivity contribution in [3.8, 4) is 0 Å². The van der Waals surface area contributed by atoms with Crippen molar-refractivity contribution in [1.82, 2.24) is 26.0 Å². The Morgan fingerprint density at radius 3 is 2.64 bits per heavy atom. The standard InChI is InChI=1S/C18H30N6O/c1-18(2)15-13(16(19)22-21-15)10-24(18)17(25)20-14(11-23(3)4)12-8-6-5-7-9-12/h5-9,13-16,21-22H,10-11,19H2,1-4H3,(H,20,25)/t13?,14-,15?,16?/m1/s1. The van der Waals surface area contributed by atoms with Crippen LogP contribution in [0.3, 0.4) is 0 Å². The van der Waals surface area contributed by atoms with Crippen molar-refractivity contribution in [2.24, 2.45) is 11.7 Å². The van der Waals surface area contributed by atoms with Gasteiger partial charge < -0.3 is 20.9 Å². The number of urea groups is 1. The smallest absolute Gasteiger partial charge is 0.318 e. The third-order valence-corrected chi connectivity index (χ3v) is 5.44. The van der Waals surface area contributed by atoms with E-state index in [1.54, 1.807) is 0 Å². The number of benzene rings is 1. The third-order valence-electron chi connectivity index (χ3n) is 5.44. The molecular formula is C18H30N6O. The highest BCUT2D eigenvalue weighted by molar-refractivity contribution is 5.76. The van der Waals surface area contributed by atoms with Crippen LogP contribution in [0.1, 0.15) is 25.5 Å². The van der Waals surface area contributed by atoms with E-state index in [1.165, 1.54) is 0 Å². The number of carbonyl (C=O) groups is 1. The summed E-state index contributed by atoms with van der Waals surface area (Å²) in [5.41, 5.74) is 13.3. The molecule has 4 atom stereocenters. The fourth-order valence-corrected chi connectivity index (χ4v) is 4.00. The molecule has 0 aromatic heterocycles. The zero-order valence-corrected chi connectivity index (χ0v) is 15.5. The summed E-state index contributed by atoms with van der Waals surface area (Å²) in [6.45, 7) is 5.57. The van der Waals surface area contributed by atoms with E-state index in [4.69, 9.17) is 5.73 Å². The normalized spacial score (nSPS) is 28.9. The minimum absolute atomic E-state index is 0.0379. The van der Waals surface area contributed by atoms with Gasteiger partial charge in [0.15, 0.2) is 0 Å². The lowest BCUT2D eigenvalue weighted by atomic mass is 9.90. The van der Waals surface area contributed by atoms with Gasteiger partial charge in [-0.25, -0.2) is 10.2 Å². The number of nitrogens with two attached hydrogens (primary N) is 1. The van der Waals surface area contributed by atoms with Gasteiger partial charge in [0.25, 0.3) is 0 Å². The molecule has 0 spiro atoms. The Labute approximate surface area is 149 Å². The highest BCUT2D eigenvalue weighted by Crippen LogP contribution is 2.36. The zero-order valence-electron chi connectivity index (χ0n) is 15.5. The van der Waals surface area contributed by atoms with Crippen LogP contribution in [0.25, 0.3) is 0 Å². The first kappa shape index (κ1) is 18.1. The average Bonchev–Trinajstić information content (AvgIpc) is 3.05. The number of nitrogens with zero attached hydrogens (tertiary/aromatic N) is 2. The van der Waals surface area contributed by atoms with Crippen molar-refractivity contribution in [3.05, 3.63) is 35.9 Å². The van der Waals surface area contributed by atoms with Crippen LogP contribution in [0.2, 0.25) is 0 Å². The van der Waals surface area contributed by atoms with Crippen molar-refractivity contribution in [2.45, 2.75) is 37.6 Å². The molecule has 2 saturated heterocycles.